The highest BCUT2D eigenvalue weighted by Gasteiger charge is 2.27. The van der Waals surface area contributed by atoms with Crippen molar-refractivity contribution in [2.75, 3.05) is 11.4 Å². The largest absolute Gasteiger partial charge is 0.329 e. The van der Waals surface area contributed by atoms with E-state index in [4.69, 9.17) is 0 Å². The van der Waals surface area contributed by atoms with Crippen molar-refractivity contribution in [2.24, 2.45) is 0 Å². The molecule has 1 aromatic rings. The van der Waals surface area contributed by atoms with Crippen LogP contribution >= 0.6 is 0 Å². The number of anilines is 1. The molecule has 1 saturated heterocycles. The molecule has 2 rings (SSSR count). The molecule has 1 aromatic carbocycles. The Labute approximate surface area is 79.3 Å². The summed E-state index contributed by atoms with van der Waals surface area (Å²) in [5.74, 6) is -0.811. The fourth-order valence-electron chi connectivity index (χ4n) is 1.29. The number of hydrogen-bond acceptors (Lipinski definition) is 2. The maximum absolute atomic E-state index is 12.8. The minimum absolute atomic E-state index is 0.0533. The van der Waals surface area contributed by atoms with Gasteiger partial charge in [-0.15, -0.1) is 0 Å². The number of rotatable bonds is 1. The molecule has 0 aromatic heterocycles. The summed E-state index contributed by atoms with van der Waals surface area (Å²) in [4.78, 5) is 23.2. The highest BCUT2D eigenvalue weighted by atomic mass is 19.1. The number of nitrogens with one attached hydrogen (secondary N) is 1. The van der Waals surface area contributed by atoms with Crippen molar-refractivity contribution in [3.05, 3.63) is 30.1 Å². The van der Waals surface area contributed by atoms with Crippen molar-refractivity contribution in [2.45, 2.75) is 0 Å². The number of imide groups is 1. The minimum atomic E-state index is -0.513. The van der Waals surface area contributed by atoms with E-state index < -0.39 is 11.8 Å². The quantitative estimate of drug-likeness (QED) is 0.674. The first kappa shape index (κ1) is 8.68. The molecule has 0 atom stereocenters. The second-order valence-electron chi connectivity index (χ2n) is 2.92. The summed E-state index contributed by atoms with van der Waals surface area (Å²) in [5.41, 5.74) is 0.383. The van der Waals surface area contributed by atoms with E-state index in [-0.39, 0.29) is 12.5 Å². The van der Waals surface area contributed by atoms with Gasteiger partial charge in [-0.3, -0.25) is 15.0 Å². The van der Waals surface area contributed by atoms with Crippen molar-refractivity contribution < 1.29 is 14.0 Å². The van der Waals surface area contributed by atoms with Gasteiger partial charge in [-0.05, 0) is 18.2 Å². The topological polar surface area (TPSA) is 49.4 Å². The summed E-state index contributed by atoms with van der Waals surface area (Å²) in [7, 11) is 0. The smallest absolute Gasteiger partial charge is 0.285 e. The third-order valence-corrected chi connectivity index (χ3v) is 1.91. The van der Waals surface area contributed by atoms with Gasteiger partial charge >= 0.3 is 6.03 Å². The zero-order chi connectivity index (χ0) is 10.1. The van der Waals surface area contributed by atoms with Crippen LogP contribution < -0.4 is 10.2 Å². The molecule has 0 unspecified atom stereocenters. The normalized spacial score (nSPS) is 15.9. The van der Waals surface area contributed by atoms with E-state index in [9.17, 15) is 14.0 Å². The van der Waals surface area contributed by atoms with E-state index in [0.29, 0.717) is 5.69 Å². The summed E-state index contributed by atoms with van der Waals surface area (Å²) in [6.45, 7) is -0.0533. The molecule has 0 radical (unpaired) electrons. The van der Waals surface area contributed by atoms with E-state index >= 15 is 0 Å². The SMILES string of the molecule is O=C1CN(c2cccc(F)c2)C(=O)N1. The number of nitrogens with zero attached hydrogens (tertiary/aromatic N) is 1. The predicted octanol–water partition coefficient (Wildman–Crippen LogP) is 0.882. The molecule has 1 fully saturated rings. The highest BCUT2D eigenvalue weighted by Crippen LogP contribution is 2.17. The molecule has 5 heteroatoms. The number of benzene rings is 1. The number of halogens is 1. The Balaban J connectivity index is 2.31. The van der Waals surface area contributed by atoms with Crippen molar-refractivity contribution >= 4 is 17.6 Å². The molecule has 1 N–H and O–H groups in total. The summed E-state index contributed by atoms with van der Waals surface area (Å²) >= 11 is 0. The number of hydrogen-bond donors (Lipinski definition) is 1. The van der Waals surface area contributed by atoms with Crippen LogP contribution in [0.4, 0.5) is 14.9 Å². The molecular formula is C9H7FN2O2. The van der Waals surface area contributed by atoms with Crippen LogP contribution in [0.15, 0.2) is 24.3 Å². The van der Waals surface area contributed by atoms with Gasteiger partial charge in [-0.2, -0.15) is 0 Å². The molecule has 0 aliphatic carbocycles. The van der Waals surface area contributed by atoms with Crippen LogP contribution in [0.25, 0.3) is 0 Å². The number of urea groups is 1. The van der Waals surface area contributed by atoms with Gasteiger partial charge in [0.2, 0.25) is 5.91 Å². The lowest BCUT2D eigenvalue weighted by Gasteiger charge is -2.12. The van der Waals surface area contributed by atoms with Crippen molar-refractivity contribution in [1.82, 2.24) is 5.32 Å². The molecule has 0 saturated carbocycles. The van der Waals surface area contributed by atoms with Crippen LogP contribution in [0.5, 0.6) is 0 Å². The summed E-state index contributed by atoms with van der Waals surface area (Å²) in [6.07, 6.45) is 0. The molecule has 3 amide bonds. The number of carbonyl (C=O) groups excluding carboxylic acids is 2. The Morgan fingerprint density at radius 2 is 2.14 bits per heavy atom. The second kappa shape index (κ2) is 3.10. The van der Waals surface area contributed by atoms with Gasteiger partial charge in [0.05, 0.1) is 0 Å². The van der Waals surface area contributed by atoms with Crippen LogP contribution in [-0.4, -0.2) is 18.5 Å². The van der Waals surface area contributed by atoms with E-state index in [1.165, 1.54) is 23.1 Å². The van der Waals surface area contributed by atoms with Gasteiger partial charge in [0, 0.05) is 5.69 Å². The summed E-state index contributed by atoms with van der Waals surface area (Å²) in [5, 5.41) is 2.11. The van der Waals surface area contributed by atoms with Crippen LogP contribution in [-0.2, 0) is 4.79 Å². The van der Waals surface area contributed by atoms with Gasteiger partial charge in [0.15, 0.2) is 0 Å². The third-order valence-electron chi connectivity index (χ3n) is 1.91. The first-order valence-corrected chi connectivity index (χ1v) is 4.04. The zero-order valence-electron chi connectivity index (χ0n) is 7.16. The Bertz CT molecular complexity index is 406. The fraction of sp³-hybridized carbons (Fsp3) is 0.111. The van der Waals surface area contributed by atoms with Crippen molar-refractivity contribution in [3.8, 4) is 0 Å². The molecule has 4 nitrogen and oxygen atoms in total. The molecule has 1 aliphatic rings. The molecule has 0 bridgehead atoms. The molecule has 72 valence electrons. The maximum Gasteiger partial charge on any atom is 0.329 e. The van der Waals surface area contributed by atoms with E-state index in [1.807, 2.05) is 0 Å². The van der Waals surface area contributed by atoms with Crippen molar-refractivity contribution in [3.63, 3.8) is 0 Å². The molecule has 1 heterocycles. The lowest BCUT2D eigenvalue weighted by molar-refractivity contribution is -0.117. The van der Waals surface area contributed by atoms with Crippen LogP contribution in [0.2, 0.25) is 0 Å². The van der Waals surface area contributed by atoms with E-state index in [1.54, 1.807) is 6.07 Å². The molecule has 14 heavy (non-hydrogen) atoms. The van der Waals surface area contributed by atoms with E-state index in [0.717, 1.165) is 0 Å². The van der Waals surface area contributed by atoms with Crippen LogP contribution in [0.3, 0.4) is 0 Å². The van der Waals surface area contributed by atoms with E-state index in [2.05, 4.69) is 5.32 Å². The molecule has 0 spiro atoms. The lowest BCUT2D eigenvalue weighted by atomic mass is 10.3. The summed E-state index contributed by atoms with van der Waals surface area (Å²) < 4.78 is 12.8. The Morgan fingerprint density at radius 3 is 2.71 bits per heavy atom. The monoisotopic (exact) mass is 194 g/mol. The zero-order valence-corrected chi connectivity index (χ0v) is 7.16. The van der Waals surface area contributed by atoms with Crippen LogP contribution in [0.1, 0.15) is 0 Å². The van der Waals surface area contributed by atoms with Gasteiger partial charge in [-0.1, -0.05) is 6.07 Å². The van der Waals surface area contributed by atoms with Gasteiger partial charge in [0.25, 0.3) is 0 Å². The number of carbonyl (C=O) groups is 2. The van der Waals surface area contributed by atoms with Crippen molar-refractivity contribution in [1.29, 1.82) is 0 Å². The summed E-state index contributed by atoms with van der Waals surface area (Å²) in [6, 6.07) is 5.03. The third kappa shape index (κ3) is 1.44. The van der Waals surface area contributed by atoms with Gasteiger partial charge < -0.3 is 0 Å². The average molecular weight is 194 g/mol. The molecule has 1 aliphatic heterocycles. The molecular weight excluding hydrogens is 187 g/mol. The Kier molecular flexibility index (Phi) is 1.92. The first-order valence-electron chi connectivity index (χ1n) is 4.04. The van der Waals surface area contributed by atoms with Gasteiger partial charge in [0.1, 0.15) is 12.4 Å². The first-order chi connectivity index (χ1) is 6.66. The average Bonchev–Trinajstić information content (AvgIpc) is 2.45. The minimum Gasteiger partial charge on any atom is -0.285 e. The standard InChI is InChI=1S/C9H7FN2O2/c10-6-2-1-3-7(4-6)12-5-8(13)11-9(12)14/h1-4H,5H2,(H,11,13,14). The highest BCUT2D eigenvalue weighted by molar-refractivity contribution is 6.12. The maximum atomic E-state index is 12.8. The van der Waals surface area contributed by atoms with Crippen LogP contribution in [0, 0.1) is 5.82 Å². The van der Waals surface area contributed by atoms with Gasteiger partial charge in [-0.25, -0.2) is 9.18 Å². The predicted molar refractivity (Wildman–Crippen MR) is 47.3 cm³/mol. The lowest BCUT2D eigenvalue weighted by Crippen LogP contribution is -2.27. The fourth-order valence-corrected chi connectivity index (χ4v) is 1.29. The second-order valence-corrected chi connectivity index (χ2v) is 2.92. The Hall–Kier alpha value is -1.91. The Morgan fingerprint density at radius 1 is 1.36 bits per heavy atom. The number of amides is 3.